The van der Waals surface area contributed by atoms with Gasteiger partial charge in [0.25, 0.3) is 0 Å². The van der Waals surface area contributed by atoms with Crippen LogP contribution in [0.4, 0.5) is 0 Å². The molecule has 0 saturated carbocycles. The Labute approximate surface area is 310 Å². The third-order valence-electron chi connectivity index (χ3n) is 11.4. The molecule has 0 fully saturated rings. The van der Waals surface area contributed by atoms with Crippen molar-refractivity contribution in [3.05, 3.63) is 182 Å². The van der Waals surface area contributed by atoms with Crippen molar-refractivity contribution in [1.82, 2.24) is 0 Å². The fourth-order valence-electron chi connectivity index (χ4n) is 9.09. The van der Waals surface area contributed by atoms with Gasteiger partial charge in [-0.2, -0.15) is 0 Å². The highest BCUT2D eigenvalue weighted by molar-refractivity contribution is 6.27. The van der Waals surface area contributed by atoms with Crippen molar-refractivity contribution in [3.63, 3.8) is 0 Å². The molecular weight excluding hydrogens is 657 g/mol. The van der Waals surface area contributed by atoms with E-state index in [9.17, 15) is 0 Å². The molecule has 2 aromatic heterocycles. The number of hydrogen-bond donors (Lipinski definition) is 0. The fraction of sp³-hybridized carbons (Fsp3) is 0. The maximum Gasteiger partial charge on any atom is 0.136 e. The molecule has 0 spiro atoms. The van der Waals surface area contributed by atoms with Crippen molar-refractivity contribution < 1.29 is 8.83 Å². The Morgan fingerprint density at radius 3 is 1.63 bits per heavy atom. The first-order valence-electron chi connectivity index (χ1n) is 18.5. The van der Waals surface area contributed by atoms with E-state index in [2.05, 4.69) is 176 Å². The van der Waals surface area contributed by atoms with Crippen LogP contribution in [0.5, 0.6) is 0 Å². The van der Waals surface area contributed by atoms with Crippen LogP contribution in [0, 0.1) is 0 Å². The summed E-state index contributed by atoms with van der Waals surface area (Å²) in [5, 5.41) is 12.0. The van der Waals surface area contributed by atoms with Crippen molar-refractivity contribution in [2.24, 2.45) is 0 Å². The van der Waals surface area contributed by atoms with Gasteiger partial charge >= 0.3 is 0 Å². The van der Waals surface area contributed by atoms with Gasteiger partial charge in [-0.25, -0.2) is 0 Å². The SMILES string of the molecule is c1ccc(-c2cc(-c3c4ccccc4c(-c4ccc(-c5ccc6oc7cccc8ccc5c6c87)cc4)c4ccccc34)c3c(c2)oc2ccccc23)cc1. The summed E-state index contributed by atoms with van der Waals surface area (Å²) < 4.78 is 12.9. The zero-order chi connectivity index (χ0) is 35.3. The average molecular weight is 687 g/mol. The number of para-hydroxylation sites is 1. The second-order valence-corrected chi connectivity index (χ2v) is 14.3. The molecule has 0 aliphatic heterocycles. The Bertz CT molecular complexity index is 3360. The predicted molar refractivity (Wildman–Crippen MR) is 226 cm³/mol. The maximum atomic E-state index is 6.59. The molecule has 0 saturated heterocycles. The molecule has 0 N–H and O–H groups in total. The second kappa shape index (κ2) is 11.2. The Morgan fingerprint density at radius 2 is 0.870 bits per heavy atom. The van der Waals surface area contributed by atoms with E-state index in [4.69, 9.17) is 8.83 Å². The van der Waals surface area contributed by atoms with Crippen molar-refractivity contribution in [3.8, 4) is 44.5 Å². The summed E-state index contributed by atoms with van der Waals surface area (Å²) in [6.07, 6.45) is 0. The molecule has 0 bridgehead atoms. The van der Waals surface area contributed by atoms with E-state index in [0.29, 0.717) is 0 Å². The first-order valence-corrected chi connectivity index (χ1v) is 18.5. The molecule has 0 amide bonds. The fourth-order valence-corrected chi connectivity index (χ4v) is 9.09. The highest BCUT2D eigenvalue weighted by Gasteiger charge is 2.22. The standard InChI is InChI=1S/C52H30O2/c1-2-11-31(12-3-1)35-29-43(51-42-18-8-9-19-44(42)53-47(51)30-35)50-39-16-6-4-14-37(39)48(38-15-5-7-17-40(38)50)34-23-21-32(22-24-34)36-27-28-46-52-41(36)26-25-33-13-10-20-45(54-46)49(33)52/h1-30H. The van der Waals surface area contributed by atoms with E-state index in [1.165, 1.54) is 76.5 Å². The minimum atomic E-state index is 0.895. The first kappa shape index (κ1) is 29.4. The Kier molecular flexibility index (Phi) is 6.09. The minimum Gasteiger partial charge on any atom is -0.456 e. The lowest BCUT2D eigenvalue weighted by molar-refractivity contribution is 0.669. The topological polar surface area (TPSA) is 26.3 Å². The van der Waals surface area contributed by atoms with Crippen LogP contribution in [0.25, 0.3) is 121 Å². The van der Waals surface area contributed by atoms with E-state index in [0.717, 1.165) is 44.2 Å². The molecule has 0 aliphatic rings. The van der Waals surface area contributed by atoms with Gasteiger partial charge in [-0.3, -0.25) is 0 Å². The number of furan rings is 2. The smallest absolute Gasteiger partial charge is 0.136 e. The molecule has 0 unspecified atom stereocenters. The van der Waals surface area contributed by atoms with Crippen molar-refractivity contribution in [2.45, 2.75) is 0 Å². The molecule has 0 radical (unpaired) electrons. The summed E-state index contributed by atoms with van der Waals surface area (Å²) in [7, 11) is 0. The number of fused-ring (bicyclic) bond motifs is 5. The Hall–Kier alpha value is -7.16. The summed E-state index contributed by atoms with van der Waals surface area (Å²) >= 11 is 0. The van der Waals surface area contributed by atoms with Crippen LogP contribution in [0.1, 0.15) is 0 Å². The average Bonchev–Trinajstić information content (AvgIpc) is 3.81. The van der Waals surface area contributed by atoms with Crippen LogP contribution >= 0.6 is 0 Å². The molecule has 250 valence electrons. The van der Waals surface area contributed by atoms with Gasteiger partial charge in [0.15, 0.2) is 0 Å². The molecule has 54 heavy (non-hydrogen) atoms. The van der Waals surface area contributed by atoms with Crippen molar-refractivity contribution in [2.75, 3.05) is 0 Å². The van der Waals surface area contributed by atoms with E-state index in [1.807, 2.05) is 6.07 Å². The quantitative estimate of drug-likeness (QED) is 0.136. The molecular formula is C52H30O2. The summed E-state index contributed by atoms with van der Waals surface area (Å²) in [6, 6.07) is 65.6. The van der Waals surface area contributed by atoms with Gasteiger partial charge in [-0.05, 0) is 107 Å². The van der Waals surface area contributed by atoms with Gasteiger partial charge in [-0.1, -0.05) is 152 Å². The minimum absolute atomic E-state index is 0.895. The molecule has 2 nitrogen and oxygen atoms in total. The largest absolute Gasteiger partial charge is 0.456 e. The maximum absolute atomic E-state index is 6.59. The Balaban J connectivity index is 1.10. The molecule has 10 aromatic carbocycles. The zero-order valence-corrected chi connectivity index (χ0v) is 29.1. The van der Waals surface area contributed by atoms with Crippen molar-refractivity contribution >= 4 is 76.2 Å². The lowest BCUT2D eigenvalue weighted by Gasteiger charge is -2.19. The van der Waals surface area contributed by atoms with Crippen LogP contribution in [0.3, 0.4) is 0 Å². The highest BCUT2D eigenvalue weighted by atomic mass is 16.3. The summed E-state index contributed by atoms with van der Waals surface area (Å²) in [5.74, 6) is 0. The molecule has 0 aliphatic carbocycles. The van der Waals surface area contributed by atoms with Gasteiger partial charge in [-0.15, -0.1) is 0 Å². The van der Waals surface area contributed by atoms with E-state index < -0.39 is 0 Å². The Morgan fingerprint density at radius 1 is 0.259 bits per heavy atom. The molecule has 2 heterocycles. The summed E-state index contributed by atoms with van der Waals surface area (Å²) in [4.78, 5) is 0. The van der Waals surface area contributed by atoms with Crippen LogP contribution < -0.4 is 0 Å². The van der Waals surface area contributed by atoms with Gasteiger partial charge in [0, 0.05) is 21.5 Å². The molecule has 12 aromatic rings. The van der Waals surface area contributed by atoms with Gasteiger partial charge in [0.05, 0.1) is 0 Å². The number of benzene rings is 10. The molecule has 0 atom stereocenters. The molecule has 2 heteroatoms. The van der Waals surface area contributed by atoms with E-state index >= 15 is 0 Å². The van der Waals surface area contributed by atoms with Crippen LogP contribution in [-0.2, 0) is 0 Å². The van der Waals surface area contributed by atoms with E-state index in [-0.39, 0.29) is 0 Å². The summed E-state index contributed by atoms with van der Waals surface area (Å²) in [5.41, 5.74) is 13.2. The van der Waals surface area contributed by atoms with Gasteiger partial charge in [0.1, 0.15) is 22.3 Å². The summed E-state index contributed by atoms with van der Waals surface area (Å²) in [6.45, 7) is 0. The highest BCUT2D eigenvalue weighted by Crippen LogP contribution is 2.49. The monoisotopic (exact) mass is 686 g/mol. The van der Waals surface area contributed by atoms with Crippen LogP contribution in [-0.4, -0.2) is 0 Å². The third kappa shape index (κ3) is 4.17. The second-order valence-electron chi connectivity index (χ2n) is 14.3. The number of hydrogen-bond acceptors (Lipinski definition) is 2. The first-order chi connectivity index (χ1) is 26.8. The van der Waals surface area contributed by atoms with Crippen LogP contribution in [0.2, 0.25) is 0 Å². The van der Waals surface area contributed by atoms with E-state index in [1.54, 1.807) is 0 Å². The van der Waals surface area contributed by atoms with Gasteiger partial charge in [0.2, 0.25) is 0 Å². The lowest BCUT2D eigenvalue weighted by atomic mass is 9.84. The lowest BCUT2D eigenvalue weighted by Crippen LogP contribution is -1.92. The van der Waals surface area contributed by atoms with Gasteiger partial charge < -0.3 is 8.83 Å². The van der Waals surface area contributed by atoms with Crippen molar-refractivity contribution in [1.29, 1.82) is 0 Å². The normalized spacial score (nSPS) is 12.1. The zero-order valence-electron chi connectivity index (χ0n) is 29.1. The third-order valence-corrected chi connectivity index (χ3v) is 11.4. The number of rotatable bonds is 4. The van der Waals surface area contributed by atoms with Crippen LogP contribution in [0.15, 0.2) is 191 Å². The molecule has 12 rings (SSSR count). The predicted octanol–water partition coefficient (Wildman–Crippen LogP) is 15.1.